The van der Waals surface area contributed by atoms with Crippen LogP contribution in [0, 0.1) is 11.8 Å². The smallest absolute Gasteiger partial charge is 0.407 e. The van der Waals surface area contributed by atoms with Crippen molar-refractivity contribution in [2.45, 2.75) is 13.0 Å². The van der Waals surface area contributed by atoms with Crippen molar-refractivity contribution >= 4 is 6.09 Å². The molecule has 24 heavy (non-hydrogen) atoms. The number of nitrogens with one attached hydrogen (secondary N) is 1. The number of benzene rings is 2. The summed E-state index contributed by atoms with van der Waals surface area (Å²) in [5.41, 5.74) is 1.42. The summed E-state index contributed by atoms with van der Waals surface area (Å²) in [6, 6.07) is 14.6. The Labute approximate surface area is 141 Å². The van der Waals surface area contributed by atoms with Gasteiger partial charge in [0, 0.05) is 13.0 Å². The first-order chi connectivity index (χ1) is 11.7. The molecule has 2 N–H and O–H groups in total. The number of phenolic OH excluding ortho intramolecular Hbond substituents is 1. The summed E-state index contributed by atoms with van der Waals surface area (Å²) in [5.74, 6) is 6.13. The summed E-state index contributed by atoms with van der Waals surface area (Å²) < 4.78 is 10.1. The molecule has 0 aliphatic heterocycles. The third kappa shape index (κ3) is 5.25. The van der Waals surface area contributed by atoms with Gasteiger partial charge in [-0.25, -0.2) is 4.79 Å². The maximum atomic E-state index is 11.5. The lowest BCUT2D eigenvalue weighted by atomic mass is 10.2. The Kier molecular flexibility index (Phi) is 6.54. The van der Waals surface area contributed by atoms with Crippen molar-refractivity contribution in [3.63, 3.8) is 0 Å². The van der Waals surface area contributed by atoms with E-state index < -0.39 is 6.09 Å². The number of aromatic hydroxyl groups is 1. The number of carbonyl (C=O) groups excluding carboxylic acids is 1. The van der Waals surface area contributed by atoms with Gasteiger partial charge in [-0.3, -0.25) is 0 Å². The first-order valence-electron chi connectivity index (χ1n) is 7.50. The van der Waals surface area contributed by atoms with Gasteiger partial charge in [-0.1, -0.05) is 48.2 Å². The highest BCUT2D eigenvalue weighted by Gasteiger charge is 2.04. The molecule has 0 unspecified atom stereocenters. The second-order valence-corrected chi connectivity index (χ2v) is 4.90. The fourth-order valence-electron chi connectivity index (χ4n) is 1.95. The Morgan fingerprint density at radius 2 is 1.96 bits per heavy atom. The van der Waals surface area contributed by atoms with Crippen LogP contribution in [0.2, 0.25) is 0 Å². The van der Waals surface area contributed by atoms with E-state index in [4.69, 9.17) is 9.47 Å². The van der Waals surface area contributed by atoms with E-state index in [9.17, 15) is 9.90 Å². The second-order valence-electron chi connectivity index (χ2n) is 4.90. The Morgan fingerprint density at radius 3 is 2.71 bits per heavy atom. The van der Waals surface area contributed by atoms with Crippen LogP contribution in [-0.2, 0) is 11.3 Å². The molecule has 0 aliphatic carbocycles. The lowest BCUT2D eigenvalue weighted by Gasteiger charge is -2.05. The highest BCUT2D eigenvalue weighted by Crippen LogP contribution is 2.28. The van der Waals surface area contributed by atoms with Crippen molar-refractivity contribution in [3.05, 3.63) is 59.7 Å². The van der Waals surface area contributed by atoms with E-state index in [1.807, 2.05) is 30.3 Å². The topological polar surface area (TPSA) is 67.8 Å². The SMILES string of the molecule is COc1cccc(C#CCCNC(=O)OCc2ccccc2)c1O. The van der Waals surface area contributed by atoms with Crippen LogP contribution in [0.3, 0.4) is 0 Å². The molecule has 0 atom stereocenters. The summed E-state index contributed by atoms with van der Waals surface area (Å²) in [7, 11) is 1.48. The number of ether oxygens (including phenoxy) is 2. The van der Waals surface area contributed by atoms with Crippen LogP contribution in [0.5, 0.6) is 11.5 Å². The van der Waals surface area contributed by atoms with Gasteiger partial charge in [0.15, 0.2) is 11.5 Å². The first-order valence-corrected chi connectivity index (χ1v) is 7.50. The molecule has 2 aromatic carbocycles. The van der Waals surface area contributed by atoms with Crippen molar-refractivity contribution in [2.24, 2.45) is 0 Å². The van der Waals surface area contributed by atoms with Crippen LogP contribution in [0.4, 0.5) is 4.79 Å². The van der Waals surface area contributed by atoms with E-state index >= 15 is 0 Å². The van der Waals surface area contributed by atoms with Gasteiger partial charge in [-0.2, -0.15) is 0 Å². The number of carbonyl (C=O) groups is 1. The van der Waals surface area contributed by atoms with Gasteiger partial charge in [0.25, 0.3) is 0 Å². The molecule has 0 bridgehead atoms. The molecular formula is C19H19NO4. The molecular weight excluding hydrogens is 306 g/mol. The van der Waals surface area contributed by atoms with Crippen molar-refractivity contribution in [1.29, 1.82) is 0 Å². The zero-order valence-electron chi connectivity index (χ0n) is 13.4. The quantitative estimate of drug-likeness (QED) is 0.655. The van der Waals surface area contributed by atoms with Crippen molar-refractivity contribution in [3.8, 4) is 23.3 Å². The lowest BCUT2D eigenvalue weighted by Crippen LogP contribution is -2.24. The molecule has 0 saturated carbocycles. The zero-order chi connectivity index (χ0) is 17.2. The van der Waals surface area contributed by atoms with Crippen molar-refractivity contribution < 1.29 is 19.4 Å². The number of para-hydroxylation sites is 1. The monoisotopic (exact) mass is 325 g/mol. The molecule has 2 rings (SSSR count). The number of rotatable bonds is 5. The largest absolute Gasteiger partial charge is 0.503 e. The predicted octanol–water partition coefficient (Wildman–Crippen LogP) is 3.07. The molecule has 0 fully saturated rings. The highest BCUT2D eigenvalue weighted by molar-refractivity contribution is 5.67. The average molecular weight is 325 g/mol. The molecule has 0 spiro atoms. The maximum Gasteiger partial charge on any atom is 0.407 e. The van der Waals surface area contributed by atoms with Crippen LogP contribution in [-0.4, -0.2) is 24.9 Å². The maximum absolute atomic E-state index is 11.5. The third-order valence-electron chi connectivity index (χ3n) is 3.17. The summed E-state index contributed by atoms with van der Waals surface area (Å²) in [6.45, 7) is 0.599. The van der Waals surface area contributed by atoms with Gasteiger partial charge in [0.1, 0.15) is 6.61 Å². The molecule has 1 amide bonds. The second kappa shape index (κ2) is 9.11. The fraction of sp³-hybridized carbons (Fsp3) is 0.211. The minimum absolute atomic E-state index is 0.0164. The number of hydrogen-bond acceptors (Lipinski definition) is 4. The van der Waals surface area contributed by atoms with Gasteiger partial charge in [-0.15, -0.1) is 0 Å². The molecule has 2 aromatic rings. The van der Waals surface area contributed by atoms with Crippen LogP contribution in [0.25, 0.3) is 0 Å². The standard InChI is InChI=1S/C19H19NO4/c1-23-17-12-7-11-16(18(17)21)10-5-6-13-20-19(22)24-14-15-8-3-2-4-9-15/h2-4,7-9,11-12,21H,6,13-14H2,1H3,(H,20,22). The van der Waals surface area contributed by atoms with Gasteiger partial charge in [-0.05, 0) is 17.7 Å². The van der Waals surface area contributed by atoms with Crippen molar-refractivity contribution in [1.82, 2.24) is 5.32 Å². The minimum atomic E-state index is -0.482. The molecule has 0 saturated heterocycles. The van der Waals surface area contributed by atoms with Crippen LogP contribution in [0.15, 0.2) is 48.5 Å². The Bertz CT molecular complexity index is 732. The fourth-order valence-corrected chi connectivity index (χ4v) is 1.95. The predicted molar refractivity (Wildman–Crippen MR) is 90.8 cm³/mol. The normalized spacial score (nSPS) is 9.54. The first kappa shape index (κ1) is 17.2. The Hall–Kier alpha value is -3.13. The number of phenols is 1. The summed E-state index contributed by atoms with van der Waals surface area (Å²) in [6.07, 6.45) is -0.0400. The summed E-state index contributed by atoms with van der Waals surface area (Å²) in [5, 5.41) is 12.5. The molecule has 5 heteroatoms. The summed E-state index contributed by atoms with van der Waals surface area (Å²) >= 11 is 0. The van der Waals surface area contributed by atoms with E-state index in [0.29, 0.717) is 24.3 Å². The van der Waals surface area contributed by atoms with E-state index in [2.05, 4.69) is 17.2 Å². The van der Waals surface area contributed by atoms with Gasteiger partial charge in [0.05, 0.1) is 12.7 Å². The average Bonchev–Trinajstić information content (AvgIpc) is 2.62. The van der Waals surface area contributed by atoms with E-state index in [1.165, 1.54) is 7.11 Å². The van der Waals surface area contributed by atoms with Crippen LogP contribution >= 0.6 is 0 Å². The number of alkyl carbamates (subject to hydrolysis) is 1. The number of hydrogen-bond donors (Lipinski definition) is 2. The van der Waals surface area contributed by atoms with Gasteiger partial charge in [0.2, 0.25) is 0 Å². The molecule has 0 heterocycles. The van der Waals surface area contributed by atoms with Gasteiger partial charge < -0.3 is 19.9 Å². The van der Waals surface area contributed by atoms with Crippen molar-refractivity contribution in [2.75, 3.05) is 13.7 Å². The van der Waals surface area contributed by atoms with E-state index in [1.54, 1.807) is 18.2 Å². The van der Waals surface area contributed by atoms with E-state index in [-0.39, 0.29) is 12.4 Å². The zero-order valence-corrected chi connectivity index (χ0v) is 13.4. The number of methoxy groups -OCH3 is 1. The van der Waals surface area contributed by atoms with Crippen LogP contribution in [0.1, 0.15) is 17.5 Å². The Balaban J connectivity index is 1.72. The Morgan fingerprint density at radius 1 is 1.17 bits per heavy atom. The van der Waals surface area contributed by atoms with Gasteiger partial charge >= 0.3 is 6.09 Å². The number of amides is 1. The molecule has 0 aromatic heterocycles. The molecule has 0 aliphatic rings. The minimum Gasteiger partial charge on any atom is -0.503 e. The molecule has 0 radical (unpaired) electrons. The highest BCUT2D eigenvalue weighted by atomic mass is 16.5. The third-order valence-corrected chi connectivity index (χ3v) is 3.17. The van der Waals surface area contributed by atoms with E-state index in [0.717, 1.165) is 5.56 Å². The van der Waals surface area contributed by atoms with Crippen LogP contribution < -0.4 is 10.1 Å². The molecule has 5 nitrogen and oxygen atoms in total. The molecule has 124 valence electrons. The lowest BCUT2D eigenvalue weighted by molar-refractivity contribution is 0.140. The summed E-state index contributed by atoms with van der Waals surface area (Å²) in [4.78, 5) is 11.5.